The number of hydrogen-bond donors (Lipinski definition) is 4. The number of aromatic carboxylic acids is 1. The summed E-state index contributed by atoms with van der Waals surface area (Å²) < 4.78 is 10.4. The van der Waals surface area contributed by atoms with Crippen LogP contribution in [0.25, 0.3) is 0 Å². The second kappa shape index (κ2) is 15.4. The Hall–Kier alpha value is -4.86. The van der Waals surface area contributed by atoms with Gasteiger partial charge in [0, 0.05) is 6.54 Å². The van der Waals surface area contributed by atoms with Gasteiger partial charge in [-0.1, -0.05) is 72.8 Å². The Morgan fingerprint density at radius 1 is 0.718 bits per heavy atom. The molecule has 10 nitrogen and oxygen atoms in total. The summed E-state index contributed by atoms with van der Waals surface area (Å²) >= 11 is 0. The number of alkyl carbamates (subject to hydrolysis) is 2. The van der Waals surface area contributed by atoms with Crippen molar-refractivity contribution in [2.75, 3.05) is 11.9 Å². The molecule has 3 rings (SSSR count). The van der Waals surface area contributed by atoms with Gasteiger partial charge in [0.1, 0.15) is 19.3 Å². The van der Waals surface area contributed by atoms with Crippen LogP contribution in [0.3, 0.4) is 0 Å². The fourth-order valence-electron chi connectivity index (χ4n) is 3.61. The van der Waals surface area contributed by atoms with E-state index < -0.39 is 30.1 Å². The summed E-state index contributed by atoms with van der Waals surface area (Å²) in [6.07, 6.45) is -0.135. The van der Waals surface area contributed by atoms with Gasteiger partial charge in [0.2, 0.25) is 5.91 Å². The molecule has 0 heterocycles. The van der Waals surface area contributed by atoms with E-state index in [0.29, 0.717) is 19.4 Å². The van der Waals surface area contributed by atoms with Crippen LogP contribution < -0.4 is 16.0 Å². The average Bonchev–Trinajstić information content (AvgIpc) is 2.95. The molecule has 0 fully saturated rings. The SMILES string of the molecule is O=C(NCCCC[C@H](NC(=O)OCc1ccccc1)C(=O)Nc1ccccc1C(=O)O)OCc1ccccc1. The molecule has 3 amide bonds. The number of nitrogens with one attached hydrogen (secondary N) is 3. The van der Waals surface area contributed by atoms with Crippen molar-refractivity contribution < 1.29 is 33.8 Å². The highest BCUT2D eigenvalue weighted by Crippen LogP contribution is 2.16. The molecule has 3 aromatic rings. The van der Waals surface area contributed by atoms with Crippen LogP contribution in [-0.2, 0) is 27.5 Å². The first-order chi connectivity index (χ1) is 18.9. The number of benzene rings is 3. The minimum Gasteiger partial charge on any atom is -0.478 e. The number of anilines is 1. The minimum atomic E-state index is -1.19. The molecule has 0 radical (unpaired) electrons. The van der Waals surface area contributed by atoms with E-state index in [1.807, 2.05) is 48.5 Å². The number of unbranched alkanes of at least 4 members (excludes halogenated alkanes) is 1. The third kappa shape index (κ3) is 10.2. The highest BCUT2D eigenvalue weighted by atomic mass is 16.6. The van der Waals surface area contributed by atoms with Gasteiger partial charge < -0.3 is 30.5 Å². The molecule has 0 aliphatic carbocycles. The van der Waals surface area contributed by atoms with Gasteiger partial charge in [0.25, 0.3) is 0 Å². The van der Waals surface area contributed by atoms with Crippen molar-refractivity contribution in [3.05, 3.63) is 102 Å². The lowest BCUT2D eigenvalue weighted by Gasteiger charge is -2.19. The summed E-state index contributed by atoms with van der Waals surface area (Å²) in [5.74, 6) is -1.78. The second-order valence-corrected chi connectivity index (χ2v) is 8.58. The summed E-state index contributed by atoms with van der Waals surface area (Å²) in [6.45, 7) is 0.488. The van der Waals surface area contributed by atoms with Crippen LogP contribution in [0, 0.1) is 0 Å². The van der Waals surface area contributed by atoms with Crippen LogP contribution in [-0.4, -0.2) is 41.8 Å². The van der Waals surface area contributed by atoms with Crippen molar-refractivity contribution in [2.24, 2.45) is 0 Å². The molecular weight excluding hydrogens is 502 g/mol. The minimum absolute atomic E-state index is 0.0257. The van der Waals surface area contributed by atoms with E-state index >= 15 is 0 Å². The van der Waals surface area contributed by atoms with Crippen molar-refractivity contribution in [3.63, 3.8) is 0 Å². The van der Waals surface area contributed by atoms with Gasteiger partial charge in [-0.25, -0.2) is 14.4 Å². The first kappa shape index (κ1) is 28.7. The summed E-state index contributed by atoms with van der Waals surface area (Å²) in [5, 5.41) is 17.2. The summed E-state index contributed by atoms with van der Waals surface area (Å²) in [4.78, 5) is 48.9. The fourth-order valence-corrected chi connectivity index (χ4v) is 3.61. The maximum Gasteiger partial charge on any atom is 0.408 e. The second-order valence-electron chi connectivity index (χ2n) is 8.58. The number of ether oxygens (including phenoxy) is 2. The molecule has 39 heavy (non-hydrogen) atoms. The van der Waals surface area contributed by atoms with Gasteiger partial charge in [-0.2, -0.15) is 0 Å². The van der Waals surface area contributed by atoms with Gasteiger partial charge in [-0.15, -0.1) is 0 Å². The van der Waals surface area contributed by atoms with E-state index in [9.17, 15) is 24.3 Å². The van der Waals surface area contributed by atoms with Crippen LogP contribution in [0.1, 0.15) is 40.7 Å². The summed E-state index contributed by atoms with van der Waals surface area (Å²) in [7, 11) is 0. The number of carboxylic acids is 1. The Morgan fingerprint density at radius 3 is 1.90 bits per heavy atom. The predicted molar refractivity (Wildman–Crippen MR) is 144 cm³/mol. The van der Waals surface area contributed by atoms with Crippen LogP contribution in [0.2, 0.25) is 0 Å². The number of rotatable bonds is 13. The van der Waals surface area contributed by atoms with Gasteiger partial charge in [-0.05, 0) is 42.5 Å². The number of carbonyl (C=O) groups excluding carboxylic acids is 3. The molecule has 0 saturated heterocycles. The zero-order chi connectivity index (χ0) is 27.9. The van der Waals surface area contributed by atoms with Gasteiger partial charge in [-0.3, -0.25) is 4.79 Å². The Bertz CT molecular complexity index is 1240. The van der Waals surface area contributed by atoms with Crippen LogP contribution in [0.4, 0.5) is 15.3 Å². The van der Waals surface area contributed by atoms with Crippen LogP contribution in [0.5, 0.6) is 0 Å². The number of para-hydroxylation sites is 1. The quantitative estimate of drug-likeness (QED) is 0.233. The molecule has 10 heteroatoms. The van der Waals surface area contributed by atoms with Crippen LogP contribution >= 0.6 is 0 Å². The standard InChI is InChI=1S/C29H31N3O7/c33-26(31-24-16-8-7-15-23(24)27(34)35)25(32-29(37)39-20-22-13-5-2-6-14-22)17-9-10-18-30-28(36)38-19-21-11-3-1-4-12-21/h1-8,11-16,25H,9-10,17-20H2,(H,30,36)(H,31,33)(H,32,37)(H,34,35)/t25-/m0/s1. The lowest BCUT2D eigenvalue weighted by atomic mass is 10.1. The molecule has 0 aliphatic rings. The molecule has 4 N–H and O–H groups in total. The lowest BCUT2D eigenvalue weighted by molar-refractivity contribution is -0.118. The largest absolute Gasteiger partial charge is 0.478 e. The Kier molecular flexibility index (Phi) is 11.3. The normalized spacial score (nSPS) is 11.1. The van der Waals surface area contributed by atoms with E-state index in [4.69, 9.17) is 9.47 Å². The van der Waals surface area contributed by atoms with E-state index in [1.54, 1.807) is 24.3 Å². The molecular formula is C29H31N3O7. The highest BCUT2D eigenvalue weighted by molar-refractivity contribution is 6.02. The number of carbonyl (C=O) groups is 4. The molecule has 3 aromatic carbocycles. The predicted octanol–water partition coefficient (Wildman–Crippen LogP) is 4.72. The molecule has 0 saturated carbocycles. The number of amides is 3. The van der Waals surface area contributed by atoms with Gasteiger partial charge >= 0.3 is 18.2 Å². The van der Waals surface area contributed by atoms with Gasteiger partial charge in [0.05, 0.1) is 11.3 Å². The van der Waals surface area contributed by atoms with E-state index in [0.717, 1.165) is 11.1 Å². The Morgan fingerprint density at radius 2 is 1.28 bits per heavy atom. The highest BCUT2D eigenvalue weighted by Gasteiger charge is 2.23. The molecule has 0 aromatic heterocycles. The lowest BCUT2D eigenvalue weighted by Crippen LogP contribution is -2.44. The summed E-state index contributed by atoms with van der Waals surface area (Å²) in [6, 6.07) is 23.4. The van der Waals surface area contributed by atoms with Crippen molar-refractivity contribution in [1.29, 1.82) is 0 Å². The van der Waals surface area contributed by atoms with E-state index in [2.05, 4.69) is 16.0 Å². The summed E-state index contributed by atoms with van der Waals surface area (Å²) in [5.41, 5.74) is 1.70. The topological polar surface area (TPSA) is 143 Å². The first-order valence-corrected chi connectivity index (χ1v) is 12.5. The van der Waals surface area contributed by atoms with Crippen LogP contribution in [0.15, 0.2) is 84.9 Å². The van der Waals surface area contributed by atoms with Crippen molar-refractivity contribution in [3.8, 4) is 0 Å². The van der Waals surface area contributed by atoms with Crippen molar-refractivity contribution >= 4 is 29.8 Å². The van der Waals surface area contributed by atoms with Gasteiger partial charge in [0.15, 0.2) is 0 Å². The average molecular weight is 534 g/mol. The fraction of sp³-hybridized carbons (Fsp3) is 0.241. The molecule has 0 aliphatic heterocycles. The third-order valence-electron chi connectivity index (χ3n) is 5.64. The smallest absolute Gasteiger partial charge is 0.408 e. The Balaban J connectivity index is 1.51. The molecule has 204 valence electrons. The first-order valence-electron chi connectivity index (χ1n) is 12.5. The number of hydrogen-bond acceptors (Lipinski definition) is 6. The molecule has 0 unspecified atom stereocenters. The maximum atomic E-state index is 13.0. The van der Waals surface area contributed by atoms with E-state index in [1.165, 1.54) is 12.1 Å². The van der Waals surface area contributed by atoms with Crippen molar-refractivity contribution in [2.45, 2.75) is 38.5 Å². The molecule has 0 bridgehead atoms. The molecule has 0 spiro atoms. The Labute approximate surface area is 226 Å². The zero-order valence-electron chi connectivity index (χ0n) is 21.3. The van der Waals surface area contributed by atoms with Crippen molar-refractivity contribution in [1.82, 2.24) is 10.6 Å². The zero-order valence-corrected chi connectivity index (χ0v) is 21.3. The van der Waals surface area contributed by atoms with E-state index in [-0.39, 0.29) is 30.9 Å². The maximum absolute atomic E-state index is 13.0. The monoisotopic (exact) mass is 533 g/mol. The number of carboxylic acid groups (broad SMARTS) is 1. The molecule has 1 atom stereocenters. The third-order valence-corrected chi connectivity index (χ3v) is 5.64.